The topological polar surface area (TPSA) is 118 Å². The monoisotopic (exact) mass is 405 g/mol. The van der Waals surface area contributed by atoms with Crippen LogP contribution in [0.5, 0.6) is 0 Å². The number of benzene rings is 1. The molecule has 0 saturated heterocycles. The van der Waals surface area contributed by atoms with Crippen LogP contribution in [0.2, 0.25) is 0 Å². The first-order valence-electron chi connectivity index (χ1n) is 8.98. The summed E-state index contributed by atoms with van der Waals surface area (Å²) >= 11 is 0. The molecular weight excluding hydrogens is 382 g/mol. The molecule has 0 spiro atoms. The van der Waals surface area contributed by atoms with Gasteiger partial charge in [0.1, 0.15) is 11.5 Å². The van der Waals surface area contributed by atoms with Crippen molar-refractivity contribution in [3.63, 3.8) is 0 Å². The number of rotatable bonds is 8. The van der Waals surface area contributed by atoms with Gasteiger partial charge in [0, 0.05) is 12.6 Å². The van der Waals surface area contributed by atoms with Crippen LogP contribution in [0.4, 0.5) is 0 Å². The van der Waals surface area contributed by atoms with E-state index in [-0.39, 0.29) is 35.8 Å². The summed E-state index contributed by atoms with van der Waals surface area (Å²) in [5, 5.41) is 5.23. The number of hydrogen-bond acceptors (Lipinski definition) is 5. The minimum Gasteiger partial charge on any atom is -0.466 e. The van der Waals surface area contributed by atoms with E-state index >= 15 is 0 Å². The zero-order valence-electron chi connectivity index (χ0n) is 15.7. The van der Waals surface area contributed by atoms with Crippen molar-refractivity contribution in [2.24, 2.45) is 0 Å². The summed E-state index contributed by atoms with van der Waals surface area (Å²) in [6, 6.07) is 8.00. The Balaban J connectivity index is 1.46. The van der Waals surface area contributed by atoms with Crippen LogP contribution >= 0.6 is 0 Å². The summed E-state index contributed by atoms with van der Waals surface area (Å²) in [5.41, 5.74) is 1.16. The van der Waals surface area contributed by atoms with E-state index in [1.807, 2.05) is 0 Å². The first kappa shape index (κ1) is 20.1. The number of furan rings is 1. The predicted molar refractivity (Wildman–Crippen MR) is 102 cm³/mol. The van der Waals surface area contributed by atoms with Crippen molar-refractivity contribution in [3.05, 3.63) is 53.0 Å². The molecule has 0 radical (unpaired) electrons. The predicted octanol–water partition coefficient (Wildman–Crippen LogP) is 1.38. The second kappa shape index (κ2) is 8.15. The molecule has 2 amide bonds. The van der Waals surface area contributed by atoms with Gasteiger partial charge in [0.2, 0.25) is 15.9 Å². The molecule has 8 nitrogen and oxygen atoms in total. The van der Waals surface area contributed by atoms with Gasteiger partial charge in [-0.3, -0.25) is 9.59 Å². The minimum atomic E-state index is -3.48. The number of sulfonamides is 1. The van der Waals surface area contributed by atoms with E-state index < -0.39 is 10.0 Å². The first-order valence-corrected chi connectivity index (χ1v) is 10.5. The maximum atomic E-state index is 12.1. The minimum absolute atomic E-state index is 0.0499. The van der Waals surface area contributed by atoms with Crippen molar-refractivity contribution in [2.75, 3.05) is 6.54 Å². The van der Waals surface area contributed by atoms with Gasteiger partial charge in [-0.2, -0.15) is 0 Å². The molecule has 1 aliphatic carbocycles. The first-order chi connectivity index (χ1) is 13.2. The van der Waals surface area contributed by atoms with Crippen LogP contribution < -0.4 is 15.4 Å². The van der Waals surface area contributed by atoms with Gasteiger partial charge in [0.05, 0.1) is 17.0 Å². The number of aryl methyl sites for hydroxylation is 2. The Labute approximate surface area is 163 Å². The van der Waals surface area contributed by atoms with Gasteiger partial charge in [0.25, 0.3) is 5.91 Å². The summed E-state index contributed by atoms with van der Waals surface area (Å²) in [4.78, 5) is 24.2. The van der Waals surface area contributed by atoms with Crippen LogP contribution in [-0.4, -0.2) is 32.8 Å². The standard InChI is InChI=1S/C19H23N3O5S/c1-12-9-17(13(2)27-12)19(24)21-11-18(23)20-10-14-3-7-16(8-4-14)28(25,26)22-15-5-6-15/h3-4,7-9,15,22H,5-6,10-11H2,1-2H3,(H,20,23)(H,21,24). The van der Waals surface area contributed by atoms with Crippen molar-refractivity contribution >= 4 is 21.8 Å². The second-order valence-corrected chi connectivity index (χ2v) is 8.54. The van der Waals surface area contributed by atoms with E-state index in [0.29, 0.717) is 17.1 Å². The van der Waals surface area contributed by atoms with E-state index in [1.54, 1.807) is 32.0 Å². The van der Waals surface area contributed by atoms with Gasteiger partial charge >= 0.3 is 0 Å². The quantitative estimate of drug-likeness (QED) is 0.613. The average Bonchev–Trinajstić information content (AvgIpc) is 3.39. The third-order valence-electron chi connectivity index (χ3n) is 4.32. The summed E-state index contributed by atoms with van der Waals surface area (Å²) < 4.78 is 32.2. The summed E-state index contributed by atoms with van der Waals surface area (Å²) in [7, 11) is -3.48. The molecule has 0 atom stereocenters. The van der Waals surface area contributed by atoms with Crippen LogP contribution in [0, 0.1) is 13.8 Å². The van der Waals surface area contributed by atoms with Crippen molar-refractivity contribution in [1.29, 1.82) is 0 Å². The smallest absolute Gasteiger partial charge is 0.255 e. The maximum Gasteiger partial charge on any atom is 0.255 e. The molecule has 3 rings (SSSR count). The molecule has 28 heavy (non-hydrogen) atoms. The number of carbonyl (C=O) groups excluding carboxylic acids is 2. The highest BCUT2D eigenvalue weighted by molar-refractivity contribution is 7.89. The molecule has 1 fully saturated rings. The zero-order valence-corrected chi connectivity index (χ0v) is 16.6. The van der Waals surface area contributed by atoms with Gasteiger partial charge in [0.15, 0.2) is 0 Å². The number of carbonyl (C=O) groups is 2. The van der Waals surface area contributed by atoms with Crippen LogP contribution in [0.15, 0.2) is 39.6 Å². The van der Waals surface area contributed by atoms with E-state index in [9.17, 15) is 18.0 Å². The van der Waals surface area contributed by atoms with E-state index in [4.69, 9.17) is 4.42 Å². The van der Waals surface area contributed by atoms with E-state index in [0.717, 1.165) is 18.4 Å². The highest BCUT2D eigenvalue weighted by atomic mass is 32.2. The molecule has 0 unspecified atom stereocenters. The van der Waals surface area contributed by atoms with Crippen LogP contribution in [0.3, 0.4) is 0 Å². The molecule has 9 heteroatoms. The highest BCUT2D eigenvalue weighted by Gasteiger charge is 2.27. The maximum absolute atomic E-state index is 12.1. The lowest BCUT2D eigenvalue weighted by molar-refractivity contribution is -0.120. The molecule has 150 valence electrons. The molecule has 1 aromatic heterocycles. The van der Waals surface area contributed by atoms with Gasteiger partial charge in [-0.05, 0) is 50.5 Å². The van der Waals surface area contributed by atoms with Crippen LogP contribution in [0.25, 0.3) is 0 Å². The van der Waals surface area contributed by atoms with Crippen molar-refractivity contribution in [2.45, 2.75) is 44.2 Å². The second-order valence-electron chi connectivity index (χ2n) is 6.83. The summed E-state index contributed by atoms with van der Waals surface area (Å²) in [5.74, 6) is 0.409. The third-order valence-corrected chi connectivity index (χ3v) is 5.85. The molecule has 1 saturated carbocycles. The van der Waals surface area contributed by atoms with Crippen molar-refractivity contribution in [3.8, 4) is 0 Å². The molecule has 2 aromatic rings. The molecular formula is C19H23N3O5S. The molecule has 1 aliphatic rings. The van der Waals surface area contributed by atoms with Gasteiger partial charge < -0.3 is 15.1 Å². The Morgan fingerprint density at radius 2 is 1.79 bits per heavy atom. The SMILES string of the molecule is Cc1cc(C(=O)NCC(=O)NCc2ccc(S(=O)(=O)NC3CC3)cc2)c(C)o1. The Kier molecular flexibility index (Phi) is 5.85. The van der Waals surface area contributed by atoms with E-state index in [2.05, 4.69) is 15.4 Å². The lowest BCUT2D eigenvalue weighted by atomic mass is 10.2. The van der Waals surface area contributed by atoms with Crippen LogP contribution in [0.1, 0.15) is 40.3 Å². The molecule has 0 bridgehead atoms. The van der Waals surface area contributed by atoms with Crippen molar-refractivity contribution < 1.29 is 22.4 Å². The molecule has 1 heterocycles. The Morgan fingerprint density at radius 3 is 2.36 bits per heavy atom. The fourth-order valence-electron chi connectivity index (χ4n) is 2.65. The Hall–Kier alpha value is -2.65. The molecule has 1 aromatic carbocycles. The number of amides is 2. The normalized spacial score (nSPS) is 13.9. The fourth-order valence-corrected chi connectivity index (χ4v) is 3.96. The largest absolute Gasteiger partial charge is 0.466 e. The Bertz CT molecular complexity index is 975. The highest BCUT2D eigenvalue weighted by Crippen LogP contribution is 2.22. The summed E-state index contributed by atoms with van der Waals surface area (Å²) in [6.07, 6.45) is 1.75. The summed E-state index contributed by atoms with van der Waals surface area (Å²) in [6.45, 7) is 3.50. The molecule has 0 aliphatic heterocycles. The van der Waals surface area contributed by atoms with E-state index in [1.165, 1.54) is 12.1 Å². The van der Waals surface area contributed by atoms with Gasteiger partial charge in [-0.1, -0.05) is 12.1 Å². The third kappa shape index (κ3) is 5.20. The number of hydrogen-bond donors (Lipinski definition) is 3. The average molecular weight is 405 g/mol. The zero-order chi connectivity index (χ0) is 20.3. The lowest BCUT2D eigenvalue weighted by Gasteiger charge is -2.08. The lowest BCUT2D eigenvalue weighted by Crippen LogP contribution is -2.36. The molecule has 3 N–H and O–H groups in total. The van der Waals surface area contributed by atoms with Crippen molar-refractivity contribution in [1.82, 2.24) is 15.4 Å². The Morgan fingerprint density at radius 1 is 1.11 bits per heavy atom. The van der Waals surface area contributed by atoms with Gasteiger partial charge in [-0.25, -0.2) is 13.1 Å². The fraction of sp³-hybridized carbons (Fsp3) is 0.368. The van der Waals surface area contributed by atoms with Crippen LogP contribution in [-0.2, 0) is 21.4 Å². The van der Waals surface area contributed by atoms with Gasteiger partial charge in [-0.15, -0.1) is 0 Å². The number of nitrogens with one attached hydrogen (secondary N) is 3.